The van der Waals surface area contributed by atoms with Crippen LogP contribution in [-0.2, 0) is 6.42 Å². The van der Waals surface area contributed by atoms with E-state index in [1.807, 2.05) is 0 Å². The van der Waals surface area contributed by atoms with Gasteiger partial charge in [0.1, 0.15) is 17.5 Å². The average Bonchev–Trinajstić information content (AvgIpc) is 2.32. The minimum absolute atomic E-state index is 0.0686. The Morgan fingerprint density at radius 3 is 1.90 bits per heavy atom. The van der Waals surface area contributed by atoms with Crippen molar-refractivity contribution in [1.29, 1.82) is 0 Å². The monoisotopic (exact) mass is 288 g/mol. The number of aliphatic hydroxyl groups excluding tert-OH is 1. The zero-order valence-electron chi connectivity index (χ0n) is 10.0. The maximum Gasteiger partial charge on any atom is 0.161 e. The lowest BCUT2D eigenvalue weighted by Gasteiger charge is -2.12. The largest absolute Gasteiger partial charge is 0.388 e. The summed E-state index contributed by atoms with van der Waals surface area (Å²) >= 11 is 0. The maximum absolute atomic E-state index is 13.4. The molecule has 0 bridgehead atoms. The molecule has 1 nitrogen and oxygen atoms in total. The van der Waals surface area contributed by atoms with Crippen LogP contribution in [0.2, 0.25) is 0 Å². The minimum atomic E-state index is -1.55. The van der Waals surface area contributed by atoms with Gasteiger partial charge in [-0.1, -0.05) is 0 Å². The molecule has 0 aliphatic carbocycles. The van der Waals surface area contributed by atoms with Crippen molar-refractivity contribution in [2.24, 2.45) is 0 Å². The second kappa shape index (κ2) is 5.58. The van der Waals surface area contributed by atoms with Gasteiger partial charge in [-0.15, -0.1) is 0 Å². The summed E-state index contributed by atoms with van der Waals surface area (Å²) in [5.41, 5.74) is -0.410. The molecule has 106 valence electrons. The van der Waals surface area contributed by atoms with Crippen LogP contribution in [0, 0.1) is 29.1 Å². The van der Waals surface area contributed by atoms with Crippen LogP contribution >= 0.6 is 0 Å². The summed E-state index contributed by atoms with van der Waals surface area (Å²) in [4.78, 5) is 0. The van der Waals surface area contributed by atoms with E-state index < -0.39 is 40.8 Å². The van der Waals surface area contributed by atoms with Crippen LogP contribution in [0.5, 0.6) is 0 Å². The summed E-state index contributed by atoms with van der Waals surface area (Å²) in [6.45, 7) is 0. The van der Waals surface area contributed by atoms with E-state index in [4.69, 9.17) is 0 Å². The average molecular weight is 288 g/mol. The topological polar surface area (TPSA) is 20.2 Å². The normalized spacial score (nSPS) is 12.5. The van der Waals surface area contributed by atoms with Crippen LogP contribution in [0.4, 0.5) is 22.0 Å². The van der Waals surface area contributed by atoms with E-state index in [-0.39, 0.29) is 12.0 Å². The van der Waals surface area contributed by atoms with E-state index in [0.717, 1.165) is 12.1 Å². The van der Waals surface area contributed by atoms with Crippen LogP contribution in [0.3, 0.4) is 0 Å². The Kier molecular flexibility index (Phi) is 4.04. The van der Waals surface area contributed by atoms with Crippen molar-refractivity contribution in [3.8, 4) is 0 Å². The molecule has 2 rings (SSSR count). The second-order valence-electron chi connectivity index (χ2n) is 4.29. The summed E-state index contributed by atoms with van der Waals surface area (Å²) in [6.07, 6.45) is -1.89. The van der Waals surface area contributed by atoms with Crippen LogP contribution in [-0.4, -0.2) is 5.11 Å². The Morgan fingerprint density at radius 1 is 0.750 bits per heavy atom. The van der Waals surface area contributed by atoms with Crippen LogP contribution in [0.1, 0.15) is 17.2 Å². The van der Waals surface area contributed by atoms with Crippen molar-refractivity contribution in [3.05, 3.63) is 70.5 Å². The van der Waals surface area contributed by atoms with Gasteiger partial charge in [0, 0.05) is 24.1 Å². The highest BCUT2D eigenvalue weighted by Crippen LogP contribution is 2.24. The fraction of sp³-hybridized carbons (Fsp3) is 0.143. The lowest BCUT2D eigenvalue weighted by molar-refractivity contribution is 0.172. The first-order chi connectivity index (χ1) is 9.36. The molecule has 0 amide bonds. The Bertz CT molecular complexity index is 621. The van der Waals surface area contributed by atoms with E-state index in [9.17, 15) is 27.1 Å². The maximum atomic E-state index is 13.4. The summed E-state index contributed by atoms with van der Waals surface area (Å²) in [7, 11) is 0. The Morgan fingerprint density at radius 2 is 1.30 bits per heavy atom. The first kappa shape index (κ1) is 14.5. The summed E-state index contributed by atoms with van der Waals surface area (Å²) < 4.78 is 65.1. The molecule has 0 saturated heterocycles. The molecule has 0 saturated carbocycles. The SMILES string of the molecule is OC(Cc1cc(F)cc(F)c1)c1cc(F)c(F)cc1F. The third-order valence-corrected chi connectivity index (χ3v) is 2.75. The molecule has 0 fully saturated rings. The predicted octanol–water partition coefficient (Wildman–Crippen LogP) is 3.66. The van der Waals surface area contributed by atoms with Gasteiger partial charge >= 0.3 is 0 Å². The van der Waals surface area contributed by atoms with Gasteiger partial charge in [-0.3, -0.25) is 0 Å². The zero-order chi connectivity index (χ0) is 14.9. The third kappa shape index (κ3) is 3.14. The molecule has 0 aliphatic rings. The Balaban J connectivity index is 2.28. The summed E-state index contributed by atoms with van der Waals surface area (Å²) in [5.74, 6) is -5.52. The molecule has 2 aromatic carbocycles. The van der Waals surface area contributed by atoms with E-state index in [0.29, 0.717) is 18.2 Å². The molecule has 0 aromatic heterocycles. The fourth-order valence-corrected chi connectivity index (χ4v) is 1.86. The standard InChI is InChI=1S/C14H9F5O/c15-8-1-7(2-9(16)4-8)3-14(20)10-5-12(18)13(19)6-11(10)17/h1-2,4-6,14,20H,3H2. The summed E-state index contributed by atoms with van der Waals surface area (Å²) in [6, 6.07) is 3.40. The van der Waals surface area contributed by atoms with Gasteiger partial charge in [-0.25, -0.2) is 22.0 Å². The zero-order valence-corrected chi connectivity index (χ0v) is 10.0. The Hall–Kier alpha value is -1.95. The smallest absolute Gasteiger partial charge is 0.161 e. The highest BCUT2D eigenvalue weighted by Gasteiger charge is 2.18. The lowest BCUT2D eigenvalue weighted by Crippen LogP contribution is -2.06. The van der Waals surface area contributed by atoms with Gasteiger partial charge in [0.05, 0.1) is 6.10 Å². The molecule has 0 radical (unpaired) electrons. The molecule has 0 spiro atoms. The first-order valence-electron chi connectivity index (χ1n) is 5.64. The third-order valence-electron chi connectivity index (χ3n) is 2.75. The van der Waals surface area contributed by atoms with Gasteiger partial charge in [-0.2, -0.15) is 0 Å². The Labute approximate surface area is 111 Å². The van der Waals surface area contributed by atoms with Crippen molar-refractivity contribution >= 4 is 0 Å². The molecule has 1 N–H and O–H groups in total. The molecule has 2 aromatic rings. The van der Waals surface area contributed by atoms with Gasteiger partial charge in [-0.05, 0) is 23.8 Å². The predicted molar refractivity (Wildman–Crippen MR) is 61.3 cm³/mol. The molecule has 6 heteroatoms. The second-order valence-corrected chi connectivity index (χ2v) is 4.29. The van der Waals surface area contributed by atoms with E-state index in [1.165, 1.54) is 0 Å². The molecule has 20 heavy (non-hydrogen) atoms. The van der Waals surface area contributed by atoms with Crippen LogP contribution in [0.25, 0.3) is 0 Å². The minimum Gasteiger partial charge on any atom is -0.388 e. The number of hydrogen-bond donors (Lipinski definition) is 1. The van der Waals surface area contributed by atoms with E-state index in [2.05, 4.69) is 0 Å². The van der Waals surface area contributed by atoms with E-state index in [1.54, 1.807) is 0 Å². The van der Waals surface area contributed by atoms with E-state index >= 15 is 0 Å². The molecule has 1 atom stereocenters. The van der Waals surface area contributed by atoms with Gasteiger partial charge in [0.2, 0.25) is 0 Å². The number of rotatable bonds is 3. The quantitative estimate of drug-likeness (QED) is 0.675. The molecule has 0 aliphatic heterocycles. The lowest BCUT2D eigenvalue weighted by atomic mass is 10.0. The van der Waals surface area contributed by atoms with Crippen molar-refractivity contribution in [2.45, 2.75) is 12.5 Å². The van der Waals surface area contributed by atoms with Gasteiger partial charge < -0.3 is 5.11 Å². The van der Waals surface area contributed by atoms with Gasteiger partial charge in [0.25, 0.3) is 0 Å². The molecular weight excluding hydrogens is 279 g/mol. The highest BCUT2D eigenvalue weighted by atomic mass is 19.2. The number of aliphatic hydroxyl groups is 1. The molecular formula is C14H9F5O. The summed E-state index contributed by atoms with van der Waals surface area (Å²) in [5, 5.41) is 9.78. The van der Waals surface area contributed by atoms with Crippen LogP contribution < -0.4 is 0 Å². The highest BCUT2D eigenvalue weighted by molar-refractivity contribution is 5.26. The fourth-order valence-electron chi connectivity index (χ4n) is 1.86. The first-order valence-corrected chi connectivity index (χ1v) is 5.64. The van der Waals surface area contributed by atoms with Crippen molar-refractivity contribution in [3.63, 3.8) is 0 Å². The number of hydrogen-bond acceptors (Lipinski definition) is 1. The molecule has 0 heterocycles. The van der Waals surface area contributed by atoms with Crippen molar-refractivity contribution in [2.75, 3.05) is 0 Å². The van der Waals surface area contributed by atoms with Crippen molar-refractivity contribution < 1.29 is 27.1 Å². The number of benzene rings is 2. The van der Waals surface area contributed by atoms with Gasteiger partial charge in [0.15, 0.2) is 11.6 Å². The van der Waals surface area contributed by atoms with Crippen molar-refractivity contribution in [1.82, 2.24) is 0 Å². The molecule has 1 unspecified atom stereocenters. The number of halogens is 5. The van der Waals surface area contributed by atoms with Crippen LogP contribution in [0.15, 0.2) is 30.3 Å².